The first kappa shape index (κ1) is 28.3. The van der Waals surface area contributed by atoms with Gasteiger partial charge in [-0.3, -0.25) is 14.5 Å². The van der Waals surface area contributed by atoms with Gasteiger partial charge in [-0.25, -0.2) is 17.9 Å². The summed E-state index contributed by atoms with van der Waals surface area (Å²) in [6.07, 6.45) is 0. The van der Waals surface area contributed by atoms with E-state index in [1.165, 1.54) is 40.9 Å². The fraction of sp³-hybridized carbons (Fsp3) is 0.121. The molecule has 0 fully saturated rings. The Bertz CT molecular complexity index is 1780. The van der Waals surface area contributed by atoms with E-state index in [0.717, 1.165) is 11.6 Å². The predicted octanol–water partition coefficient (Wildman–Crippen LogP) is 6.44. The third kappa shape index (κ3) is 5.91. The maximum absolute atomic E-state index is 15.3. The summed E-state index contributed by atoms with van der Waals surface area (Å²) in [5.74, 6) is -2.39. The fourth-order valence-electron chi connectivity index (χ4n) is 5.04. The average molecular weight is 599 g/mol. The van der Waals surface area contributed by atoms with Crippen LogP contribution in [0.2, 0.25) is 0 Å². The Morgan fingerprint density at radius 2 is 1.56 bits per heavy atom. The van der Waals surface area contributed by atoms with E-state index < -0.39 is 22.8 Å². The molecular formula is C33H25F3N4O2S. The van der Waals surface area contributed by atoms with Crippen molar-refractivity contribution >= 4 is 29.4 Å². The van der Waals surface area contributed by atoms with Gasteiger partial charge in [-0.2, -0.15) is 5.10 Å². The van der Waals surface area contributed by atoms with Crippen molar-refractivity contribution in [2.75, 3.05) is 17.2 Å². The molecular weight excluding hydrogens is 573 g/mol. The van der Waals surface area contributed by atoms with Gasteiger partial charge in [0.05, 0.1) is 22.4 Å². The van der Waals surface area contributed by atoms with Crippen molar-refractivity contribution < 1.29 is 22.8 Å². The number of nitrogens with one attached hydrogen (secondary N) is 1. The van der Waals surface area contributed by atoms with E-state index in [9.17, 15) is 18.4 Å². The number of carbonyl (C=O) groups is 2. The van der Waals surface area contributed by atoms with Gasteiger partial charge in [0.2, 0.25) is 11.8 Å². The predicted molar refractivity (Wildman–Crippen MR) is 160 cm³/mol. The van der Waals surface area contributed by atoms with Crippen LogP contribution >= 0.6 is 11.8 Å². The molecule has 43 heavy (non-hydrogen) atoms. The SMILES string of the molecule is O=C(CN1C(=O)CS[C@@H](c2ccc(F)cc2F)c2c(-c3ccccc3)nn(-c3ccccc3)c21)NCc1ccc(F)cc1. The number of amides is 2. The van der Waals surface area contributed by atoms with Crippen LogP contribution in [-0.4, -0.2) is 33.9 Å². The van der Waals surface area contributed by atoms with E-state index in [1.54, 1.807) is 16.8 Å². The summed E-state index contributed by atoms with van der Waals surface area (Å²) >= 11 is 1.19. The number of halogens is 3. The van der Waals surface area contributed by atoms with Crippen molar-refractivity contribution in [2.45, 2.75) is 11.8 Å². The minimum Gasteiger partial charge on any atom is -0.350 e. The average Bonchev–Trinajstić information content (AvgIpc) is 3.35. The summed E-state index contributed by atoms with van der Waals surface area (Å²) in [6, 6.07) is 27.6. The lowest BCUT2D eigenvalue weighted by molar-refractivity contribution is -0.123. The Kier molecular flexibility index (Phi) is 8.02. The first-order valence-corrected chi connectivity index (χ1v) is 14.6. The number of fused-ring (bicyclic) bond motifs is 1. The molecule has 0 aliphatic carbocycles. The molecule has 0 unspecified atom stereocenters. The topological polar surface area (TPSA) is 67.2 Å². The van der Waals surface area contributed by atoms with E-state index in [-0.39, 0.29) is 36.1 Å². The molecule has 5 aromatic rings. The summed E-state index contributed by atoms with van der Waals surface area (Å²) in [7, 11) is 0. The van der Waals surface area contributed by atoms with E-state index in [0.29, 0.717) is 28.3 Å². The van der Waals surface area contributed by atoms with Crippen LogP contribution in [0.5, 0.6) is 0 Å². The summed E-state index contributed by atoms with van der Waals surface area (Å²) in [4.78, 5) is 28.4. The van der Waals surface area contributed by atoms with Gasteiger partial charge in [0.1, 0.15) is 29.8 Å². The minimum atomic E-state index is -0.743. The zero-order valence-electron chi connectivity index (χ0n) is 22.7. The largest absolute Gasteiger partial charge is 0.350 e. The van der Waals surface area contributed by atoms with Crippen molar-refractivity contribution in [2.24, 2.45) is 0 Å². The number of anilines is 1. The quantitative estimate of drug-likeness (QED) is 0.234. The number of hydrogen-bond acceptors (Lipinski definition) is 4. The fourth-order valence-corrected chi connectivity index (χ4v) is 6.26. The maximum Gasteiger partial charge on any atom is 0.240 e. The van der Waals surface area contributed by atoms with Gasteiger partial charge in [-0.15, -0.1) is 11.8 Å². The lowest BCUT2D eigenvalue weighted by Crippen LogP contribution is -2.42. The van der Waals surface area contributed by atoms with E-state index in [4.69, 9.17) is 5.10 Å². The highest BCUT2D eigenvalue weighted by Gasteiger charge is 2.38. The van der Waals surface area contributed by atoms with Crippen LogP contribution in [0.15, 0.2) is 103 Å². The van der Waals surface area contributed by atoms with Crippen LogP contribution in [0.25, 0.3) is 16.9 Å². The highest BCUT2D eigenvalue weighted by Crippen LogP contribution is 2.49. The van der Waals surface area contributed by atoms with Gasteiger partial charge in [0.15, 0.2) is 0 Å². The van der Waals surface area contributed by atoms with Crippen LogP contribution in [0.4, 0.5) is 19.0 Å². The van der Waals surface area contributed by atoms with Gasteiger partial charge in [-0.05, 0) is 35.9 Å². The Morgan fingerprint density at radius 3 is 2.26 bits per heavy atom. The van der Waals surface area contributed by atoms with Gasteiger partial charge in [0.25, 0.3) is 0 Å². The van der Waals surface area contributed by atoms with Crippen molar-refractivity contribution in [3.63, 3.8) is 0 Å². The first-order valence-electron chi connectivity index (χ1n) is 13.5. The van der Waals surface area contributed by atoms with Crippen LogP contribution in [0.1, 0.15) is 21.9 Å². The summed E-state index contributed by atoms with van der Waals surface area (Å²) in [5, 5.41) is 7.00. The Balaban J connectivity index is 1.50. The molecule has 10 heteroatoms. The van der Waals surface area contributed by atoms with E-state index >= 15 is 4.39 Å². The number of thioether (sulfide) groups is 1. The molecule has 1 N–H and O–H groups in total. The highest BCUT2D eigenvalue weighted by atomic mass is 32.2. The number of rotatable bonds is 7. The molecule has 0 spiro atoms. The Morgan fingerprint density at radius 1 is 0.884 bits per heavy atom. The van der Waals surface area contributed by atoms with Gasteiger partial charge < -0.3 is 5.32 Å². The molecule has 4 aromatic carbocycles. The van der Waals surface area contributed by atoms with Gasteiger partial charge in [0, 0.05) is 29.3 Å². The molecule has 0 saturated heterocycles. The standard InChI is InChI=1S/C33H25F3N4O2S/c34-23-13-11-21(12-14-23)18-37-28(41)19-39-29(42)20-43-32(26-16-15-24(35)17-27(26)36)30-31(22-7-3-1-4-8-22)38-40(33(30)39)25-9-5-2-6-10-25/h1-17,32H,18-20H2,(H,37,41)/t32-/m0/s1. The van der Waals surface area contributed by atoms with Crippen molar-refractivity contribution in [1.29, 1.82) is 0 Å². The number of aromatic nitrogens is 2. The minimum absolute atomic E-state index is 0.0651. The molecule has 6 rings (SSSR count). The number of carbonyl (C=O) groups excluding carboxylic acids is 2. The van der Waals surface area contributed by atoms with Gasteiger partial charge in [-0.1, -0.05) is 66.7 Å². The van der Waals surface area contributed by atoms with E-state index in [2.05, 4.69) is 5.32 Å². The lowest BCUT2D eigenvalue weighted by atomic mass is 9.99. The first-order chi connectivity index (χ1) is 20.9. The molecule has 0 radical (unpaired) electrons. The van der Waals surface area contributed by atoms with Crippen molar-refractivity contribution in [3.8, 4) is 16.9 Å². The smallest absolute Gasteiger partial charge is 0.240 e. The number of para-hydroxylation sites is 1. The molecule has 1 aliphatic heterocycles. The molecule has 1 atom stereocenters. The molecule has 1 aromatic heterocycles. The van der Waals surface area contributed by atoms with Crippen LogP contribution in [0.3, 0.4) is 0 Å². The normalized spacial score (nSPS) is 14.7. The lowest BCUT2D eigenvalue weighted by Gasteiger charge is -2.23. The number of benzene rings is 4. The third-order valence-electron chi connectivity index (χ3n) is 7.09. The van der Waals surface area contributed by atoms with Gasteiger partial charge >= 0.3 is 0 Å². The third-order valence-corrected chi connectivity index (χ3v) is 8.32. The highest BCUT2D eigenvalue weighted by molar-refractivity contribution is 8.00. The summed E-state index contributed by atoms with van der Waals surface area (Å²) in [5.41, 5.74) is 3.30. The Labute approximate surface area is 250 Å². The number of hydrogen-bond donors (Lipinski definition) is 1. The molecule has 6 nitrogen and oxygen atoms in total. The van der Waals surface area contributed by atoms with E-state index in [1.807, 2.05) is 60.7 Å². The van der Waals surface area contributed by atoms with Crippen molar-refractivity contribution in [3.05, 3.63) is 137 Å². The van der Waals surface area contributed by atoms with Crippen LogP contribution in [0, 0.1) is 17.5 Å². The molecule has 0 bridgehead atoms. The zero-order chi connectivity index (χ0) is 29.9. The van der Waals surface area contributed by atoms with Crippen LogP contribution < -0.4 is 10.2 Å². The summed E-state index contributed by atoms with van der Waals surface area (Å²) < 4.78 is 44.2. The second-order valence-corrected chi connectivity index (χ2v) is 11.0. The van der Waals surface area contributed by atoms with Crippen molar-refractivity contribution in [1.82, 2.24) is 15.1 Å². The summed E-state index contributed by atoms with van der Waals surface area (Å²) in [6.45, 7) is -0.196. The Hall–Kier alpha value is -4.83. The molecule has 216 valence electrons. The monoisotopic (exact) mass is 598 g/mol. The second kappa shape index (κ2) is 12.2. The second-order valence-electron chi connectivity index (χ2n) is 9.94. The molecule has 0 saturated carbocycles. The maximum atomic E-state index is 15.3. The zero-order valence-corrected chi connectivity index (χ0v) is 23.5. The molecule has 2 amide bonds. The molecule has 2 heterocycles. The number of nitrogens with zero attached hydrogens (tertiary/aromatic N) is 3. The van der Waals surface area contributed by atoms with Crippen LogP contribution in [-0.2, 0) is 16.1 Å². The molecule has 1 aliphatic rings.